The number of carbonyl (C=O) groups excluding carboxylic acids is 3. The molecule has 3 aliphatic heterocycles. The van der Waals surface area contributed by atoms with Crippen LogP contribution < -0.4 is 20.5 Å². The number of likely N-dealkylation sites (tertiary alicyclic amines) is 1. The number of primary amides is 1. The van der Waals surface area contributed by atoms with Crippen LogP contribution in [0.1, 0.15) is 24.6 Å². The number of rotatable bonds is 6. The lowest BCUT2D eigenvalue weighted by molar-refractivity contribution is -0.152. The van der Waals surface area contributed by atoms with Crippen LogP contribution in [0.2, 0.25) is 0 Å². The Bertz CT molecular complexity index is 1650. The minimum Gasteiger partial charge on any atom is -0.497 e. The summed E-state index contributed by atoms with van der Waals surface area (Å²) in [5.74, 6) is 2.02. The van der Waals surface area contributed by atoms with E-state index in [1.54, 1.807) is 18.9 Å². The van der Waals surface area contributed by atoms with E-state index in [2.05, 4.69) is 29.0 Å². The van der Waals surface area contributed by atoms with Gasteiger partial charge in [-0.25, -0.2) is 0 Å². The number of methoxy groups -OCH3 is 1. The Kier molecular flexibility index (Phi) is 10.3. The summed E-state index contributed by atoms with van der Waals surface area (Å²) in [6.07, 6.45) is 2.02. The SMILES string of the molecule is CC1CC2(CN1C(=O)Cc1ccc3c(c1)Oc1ccccc1S3)OCCO2.COc1ccc2[nH]c(CNC=O)cc2c1.NC=O. The van der Waals surface area contributed by atoms with Gasteiger partial charge in [0.15, 0.2) is 5.79 Å². The quantitative estimate of drug-likeness (QED) is 0.234. The van der Waals surface area contributed by atoms with Gasteiger partial charge < -0.3 is 39.9 Å². The van der Waals surface area contributed by atoms with Crippen LogP contribution in [0, 0.1) is 0 Å². The summed E-state index contributed by atoms with van der Waals surface area (Å²) < 4.78 is 22.7. The maximum Gasteiger partial charge on any atom is 0.227 e. The van der Waals surface area contributed by atoms with Crippen LogP contribution in [0.25, 0.3) is 10.9 Å². The molecular weight excluding hydrogens is 596 g/mol. The maximum absolute atomic E-state index is 12.9. The number of para-hydroxylation sites is 1. The van der Waals surface area contributed by atoms with Crippen molar-refractivity contribution in [3.8, 4) is 17.2 Å². The molecule has 4 aromatic rings. The second-order valence-corrected chi connectivity index (χ2v) is 11.8. The van der Waals surface area contributed by atoms with E-state index in [1.165, 1.54) is 0 Å². The normalized spacial score (nSPS) is 17.1. The van der Waals surface area contributed by atoms with Crippen molar-refractivity contribution in [2.45, 2.75) is 47.9 Å². The smallest absolute Gasteiger partial charge is 0.227 e. The standard InChI is InChI=1S/C21H21NO4S.C11H12N2O2.CH3NO/c1-14-12-21(24-8-9-25-21)13-22(14)20(23)11-15-6-7-19-17(10-15)26-16-4-2-3-5-18(16)27-19;1-15-10-2-3-11-8(5-10)4-9(13-11)6-12-7-14;2-1-3/h2-7,10,14H,8-9,11-13H2,1H3;2-5,7,13H,6H2,1H3,(H,12,14);1H,(H2,2,3). The molecule has 3 aliphatic rings. The predicted molar refractivity (Wildman–Crippen MR) is 169 cm³/mol. The highest BCUT2D eigenvalue weighted by atomic mass is 32.2. The second-order valence-electron chi connectivity index (χ2n) is 10.7. The Labute approximate surface area is 265 Å². The van der Waals surface area contributed by atoms with E-state index in [4.69, 9.17) is 23.7 Å². The van der Waals surface area contributed by atoms with Crippen molar-refractivity contribution in [3.05, 3.63) is 78.0 Å². The van der Waals surface area contributed by atoms with Crippen molar-refractivity contribution in [2.24, 2.45) is 5.73 Å². The zero-order valence-electron chi connectivity index (χ0n) is 25.1. The molecule has 0 saturated carbocycles. The number of nitrogens with two attached hydrogens (primary N) is 1. The number of fused-ring (bicyclic) bond motifs is 3. The van der Waals surface area contributed by atoms with E-state index in [0.717, 1.165) is 55.6 Å². The highest BCUT2D eigenvalue weighted by molar-refractivity contribution is 7.99. The largest absolute Gasteiger partial charge is 0.497 e. The summed E-state index contributed by atoms with van der Waals surface area (Å²) in [4.78, 5) is 38.9. The van der Waals surface area contributed by atoms with Gasteiger partial charge in [0, 0.05) is 29.1 Å². The molecule has 3 aromatic carbocycles. The van der Waals surface area contributed by atoms with Crippen molar-refractivity contribution < 1.29 is 33.3 Å². The summed E-state index contributed by atoms with van der Waals surface area (Å²) in [6, 6.07) is 22.0. The minimum absolute atomic E-state index is 0.0993. The van der Waals surface area contributed by atoms with Crippen LogP contribution >= 0.6 is 11.8 Å². The first kappa shape index (κ1) is 31.9. The van der Waals surface area contributed by atoms with Crippen molar-refractivity contribution in [1.82, 2.24) is 15.2 Å². The molecule has 3 amide bonds. The molecule has 4 N–H and O–H groups in total. The van der Waals surface area contributed by atoms with Crippen LogP contribution in [0.4, 0.5) is 0 Å². The molecule has 0 aliphatic carbocycles. The summed E-state index contributed by atoms with van der Waals surface area (Å²) in [7, 11) is 1.64. The van der Waals surface area contributed by atoms with Crippen LogP contribution in [-0.2, 0) is 36.8 Å². The molecule has 2 saturated heterocycles. The highest BCUT2D eigenvalue weighted by Gasteiger charge is 2.48. The highest BCUT2D eigenvalue weighted by Crippen LogP contribution is 2.47. The third-order valence-electron chi connectivity index (χ3n) is 7.60. The Morgan fingerprint density at radius 3 is 2.60 bits per heavy atom. The second kappa shape index (κ2) is 14.5. The number of nitrogens with one attached hydrogen (secondary N) is 2. The maximum atomic E-state index is 12.9. The molecule has 1 unspecified atom stereocenters. The molecule has 45 heavy (non-hydrogen) atoms. The lowest BCUT2D eigenvalue weighted by Gasteiger charge is -2.24. The summed E-state index contributed by atoms with van der Waals surface area (Å²) in [5.41, 5.74) is 7.14. The van der Waals surface area contributed by atoms with Crippen molar-refractivity contribution in [3.63, 3.8) is 0 Å². The number of H-pyrrole nitrogens is 1. The van der Waals surface area contributed by atoms with Gasteiger partial charge in [0.2, 0.25) is 18.7 Å². The zero-order chi connectivity index (χ0) is 31.8. The van der Waals surface area contributed by atoms with Crippen LogP contribution in [0.15, 0.2) is 76.5 Å². The van der Waals surface area contributed by atoms with Crippen LogP contribution in [0.5, 0.6) is 17.2 Å². The Morgan fingerprint density at radius 2 is 1.84 bits per heavy atom. The number of hydrogen-bond acceptors (Lipinski definition) is 8. The number of aromatic nitrogens is 1. The van der Waals surface area contributed by atoms with Gasteiger partial charge in [-0.2, -0.15) is 0 Å². The molecule has 0 bridgehead atoms. The molecule has 1 aromatic heterocycles. The van der Waals surface area contributed by atoms with Crippen molar-refractivity contribution >= 4 is 41.4 Å². The van der Waals surface area contributed by atoms with E-state index >= 15 is 0 Å². The number of hydrogen-bond donors (Lipinski definition) is 3. The third-order valence-corrected chi connectivity index (χ3v) is 8.71. The zero-order valence-corrected chi connectivity index (χ0v) is 25.9. The average Bonchev–Trinajstić information content (AvgIpc) is 3.77. The van der Waals surface area contributed by atoms with Gasteiger partial charge in [-0.15, -0.1) is 0 Å². The lowest BCUT2D eigenvalue weighted by atomic mass is 10.1. The first-order valence-electron chi connectivity index (χ1n) is 14.5. The molecule has 2 fully saturated rings. The lowest BCUT2D eigenvalue weighted by Crippen LogP contribution is -2.38. The fourth-order valence-electron chi connectivity index (χ4n) is 5.58. The summed E-state index contributed by atoms with van der Waals surface area (Å²) in [6.45, 7) is 4.30. The number of ether oxygens (including phenoxy) is 4. The van der Waals surface area contributed by atoms with E-state index < -0.39 is 5.79 Å². The monoisotopic (exact) mass is 632 g/mol. The van der Waals surface area contributed by atoms with Gasteiger partial charge in [-0.3, -0.25) is 14.4 Å². The fraction of sp³-hybridized carbons (Fsp3) is 0.303. The number of nitrogens with zero attached hydrogens (tertiary/aromatic N) is 1. The number of benzene rings is 3. The Hall–Kier alpha value is -4.52. The molecule has 11 nitrogen and oxygen atoms in total. The first-order chi connectivity index (χ1) is 21.9. The third kappa shape index (κ3) is 7.59. The molecule has 7 rings (SSSR count). The van der Waals surface area contributed by atoms with E-state index in [9.17, 15) is 9.59 Å². The van der Waals surface area contributed by atoms with Crippen molar-refractivity contribution in [2.75, 3.05) is 26.9 Å². The molecule has 236 valence electrons. The van der Waals surface area contributed by atoms with Gasteiger partial charge in [0.05, 0.1) is 49.6 Å². The van der Waals surface area contributed by atoms with E-state index in [-0.39, 0.29) is 18.4 Å². The average molecular weight is 633 g/mol. The predicted octanol–water partition coefficient (Wildman–Crippen LogP) is 4.37. The molecule has 12 heteroatoms. The van der Waals surface area contributed by atoms with Crippen molar-refractivity contribution in [1.29, 1.82) is 0 Å². The van der Waals surface area contributed by atoms with Gasteiger partial charge >= 0.3 is 0 Å². The van der Waals surface area contributed by atoms with Gasteiger partial charge in [0.25, 0.3) is 0 Å². The summed E-state index contributed by atoms with van der Waals surface area (Å²) in [5, 5.41) is 3.69. The fourth-order valence-corrected chi connectivity index (χ4v) is 6.51. The summed E-state index contributed by atoms with van der Waals surface area (Å²) >= 11 is 1.70. The van der Waals surface area contributed by atoms with Gasteiger partial charge in [-0.05, 0) is 61.0 Å². The minimum atomic E-state index is -0.589. The Balaban J connectivity index is 0.000000188. The number of amides is 3. The molecule has 4 heterocycles. The number of carbonyl (C=O) groups is 3. The van der Waals surface area contributed by atoms with Gasteiger partial charge in [0.1, 0.15) is 17.2 Å². The molecular formula is C33H36N4O7S. The first-order valence-corrected chi connectivity index (χ1v) is 15.3. The Morgan fingerprint density at radius 1 is 1.09 bits per heavy atom. The number of aromatic amines is 1. The van der Waals surface area contributed by atoms with Crippen LogP contribution in [0.3, 0.4) is 0 Å². The molecule has 0 radical (unpaired) electrons. The van der Waals surface area contributed by atoms with E-state index in [1.807, 2.05) is 65.6 Å². The molecule has 1 atom stereocenters. The topological polar surface area (TPSA) is 145 Å². The van der Waals surface area contributed by atoms with Crippen LogP contribution in [-0.4, -0.2) is 67.3 Å². The molecule has 1 spiro atoms. The van der Waals surface area contributed by atoms with Gasteiger partial charge in [-0.1, -0.05) is 30.0 Å². The van der Waals surface area contributed by atoms with E-state index in [0.29, 0.717) is 39.1 Å².